The quantitative estimate of drug-likeness (QED) is 0.521. The Balaban J connectivity index is 1.24. The van der Waals surface area contributed by atoms with Crippen LogP contribution in [0.15, 0.2) is 60.7 Å². The van der Waals surface area contributed by atoms with Gasteiger partial charge in [0, 0.05) is 45.5 Å². The molecule has 7 nitrogen and oxygen atoms in total. The van der Waals surface area contributed by atoms with Gasteiger partial charge < -0.3 is 15.0 Å². The summed E-state index contributed by atoms with van der Waals surface area (Å²) in [6, 6.07) is 17.7. The number of halogens is 1. The summed E-state index contributed by atoms with van der Waals surface area (Å²) in [7, 11) is 3.48. The molecule has 36 heavy (non-hydrogen) atoms. The lowest BCUT2D eigenvalue weighted by molar-refractivity contribution is -0.132. The van der Waals surface area contributed by atoms with Gasteiger partial charge in [-0.3, -0.25) is 19.4 Å². The Morgan fingerprint density at radius 2 is 1.75 bits per heavy atom. The molecule has 1 N–H and O–H groups in total. The average Bonchev–Trinajstić information content (AvgIpc) is 2.88. The Labute approximate surface area is 211 Å². The number of rotatable bonds is 8. The molecule has 1 atom stereocenters. The molecule has 1 saturated heterocycles. The summed E-state index contributed by atoms with van der Waals surface area (Å²) >= 11 is 0. The molecule has 1 aliphatic heterocycles. The normalized spacial score (nSPS) is 15.4. The summed E-state index contributed by atoms with van der Waals surface area (Å²) in [4.78, 5) is 31.4. The highest BCUT2D eigenvalue weighted by atomic mass is 19.1. The van der Waals surface area contributed by atoms with Crippen LogP contribution in [0.5, 0.6) is 5.75 Å². The van der Waals surface area contributed by atoms with Gasteiger partial charge in [0.05, 0.1) is 19.7 Å². The molecule has 0 saturated carbocycles. The molecular formula is C28H33FN4O3. The number of hydrogen-bond acceptors (Lipinski definition) is 5. The fourth-order valence-corrected chi connectivity index (χ4v) is 4.46. The highest BCUT2D eigenvalue weighted by Crippen LogP contribution is 2.22. The largest absolute Gasteiger partial charge is 0.497 e. The van der Waals surface area contributed by atoms with Crippen molar-refractivity contribution >= 4 is 28.3 Å². The van der Waals surface area contributed by atoms with Crippen LogP contribution in [-0.4, -0.2) is 79.4 Å². The number of anilines is 1. The summed E-state index contributed by atoms with van der Waals surface area (Å²) in [5.41, 5.74) is 1.52. The Hall–Kier alpha value is -3.49. The average molecular weight is 493 g/mol. The Morgan fingerprint density at radius 3 is 2.47 bits per heavy atom. The van der Waals surface area contributed by atoms with E-state index in [4.69, 9.17) is 4.74 Å². The number of nitrogens with one attached hydrogen (secondary N) is 1. The van der Waals surface area contributed by atoms with Crippen molar-refractivity contribution in [3.63, 3.8) is 0 Å². The van der Waals surface area contributed by atoms with E-state index in [1.54, 1.807) is 24.1 Å². The van der Waals surface area contributed by atoms with E-state index in [0.29, 0.717) is 45.0 Å². The maximum Gasteiger partial charge on any atom is 0.241 e. The number of hydrogen-bond donors (Lipinski definition) is 1. The monoisotopic (exact) mass is 492 g/mol. The third-order valence-electron chi connectivity index (χ3n) is 6.74. The maximum absolute atomic E-state index is 13.4. The van der Waals surface area contributed by atoms with Crippen LogP contribution in [0.4, 0.5) is 10.1 Å². The van der Waals surface area contributed by atoms with Crippen molar-refractivity contribution in [1.29, 1.82) is 0 Å². The third-order valence-corrected chi connectivity index (χ3v) is 6.74. The van der Waals surface area contributed by atoms with Crippen LogP contribution in [0.3, 0.4) is 0 Å². The molecule has 3 aromatic carbocycles. The summed E-state index contributed by atoms with van der Waals surface area (Å²) in [6.45, 7) is 5.51. The number of methoxy groups -OCH3 is 1. The number of nitrogens with zero attached hydrogens (tertiary/aromatic N) is 3. The first-order valence-electron chi connectivity index (χ1n) is 12.2. The van der Waals surface area contributed by atoms with Crippen molar-refractivity contribution in [1.82, 2.24) is 14.7 Å². The SMILES string of the molecule is COc1ccc2cc(CN(C)C(=O)CN3CCN(C(C)C(=O)Nc4cccc(F)c4)CC3)ccc2c1. The smallest absolute Gasteiger partial charge is 0.241 e. The van der Waals surface area contributed by atoms with Crippen LogP contribution in [0.2, 0.25) is 0 Å². The molecule has 1 aliphatic rings. The van der Waals surface area contributed by atoms with Crippen LogP contribution in [0.1, 0.15) is 12.5 Å². The zero-order valence-electron chi connectivity index (χ0n) is 21.0. The number of ether oxygens (including phenoxy) is 1. The van der Waals surface area contributed by atoms with Gasteiger partial charge in [-0.2, -0.15) is 0 Å². The van der Waals surface area contributed by atoms with Crippen LogP contribution in [0, 0.1) is 5.82 Å². The van der Waals surface area contributed by atoms with Gasteiger partial charge >= 0.3 is 0 Å². The number of fused-ring (bicyclic) bond motifs is 1. The fraction of sp³-hybridized carbons (Fsp3) is 0.357. The Kier molecular flexibility index (Phi) is 8.18. The van der Waals surface area contributed by atoms with Crippen LogP contribution >= 0.6 is 0 Å². The van der Waals surface area contributed by atoms with Crippen LogP contribution in [-0.2, 0) is 16.1 Å². The van der Waals surface area contributed by atoms with Crippen LogP contribution in [0.25, 0.3) is 10.8 Å². The van der Waals surface area contributed by atoms with E-state index in [-0.39, 0.29) is 23.7 Å². The standard InChI is InChI=1S/C28H33FN4O3/c1-20(28(35)30-25-6-4-5-24(29)17-25)33-13-11-32(12-14-33)19-27(34)31(2)18-21-7-8-23-16-26(36-3)10-9-22(23)15-21/h4-10,15-17,20H,11-14,18-19H2,1-3H3,(H,30,35). The van der Waals surface area contributed by atoms with Crippen molar-refractivity contribution in [3.8, 4) is 5.75 Å². The van der Waals surface area contributed by atoms with E-state index in [1.165, 1.54) is 12.1 Å². The van der Waals surface area contributed by atoms with Gasteiger partial charge in [-0.1, -0.05) is 24.3 Å². The van der Waals surface area contributed by atoms with Crippen molar-refractivity contribution in [2.24, 2.45) is 0 Å². The van der Waals surface area contributed by atoms with Gasteiger partial charge in [-0.05, 0) is 59.7 Å². The second-order valence-corrected chi connectivity index (χ2v) is 9.28. The number of likely N-dealkylation sites (N-methyl/N-ethyl adjacent to an activating group) is 1. The molecule has 0 bridgehead atoms. The van der Waals surface area contributed by atoms with Crippen molar-refractivity contribution < 1.29 is 18.7 Å². The number of benzene rings is 3. The summed E-state index contributed by atoms with van der Waals surface area (Å²) in [5, 5.41) is 4.99. The van der Waals surface area contributed by atoms with E-state index in [0.717, 1.165) is 22.1 Å². The van der Waals surface area contributed by atoms with Gasteiger partial charge in [-0.15, -0.1) is 0 Å². The minimum absolute atomic E-state index is 0.0650. The molecule has 8 heteroatoms. The summed E-state index contributed by atoms with van der Waals surface area (Å²) in [5.74, 6) is 0.336. The Bertz CT molecular complexity index is 1230. The van der Waals surface area contributed by atoms with E-state index < -0.39 is 0 Å². The lowest BCUT2D eigenvalue weighted by atomic mass is 10.1. The second-order valence-electron chi connectivity index (χ2n) is 9.28. The van der Waals surface area contributed by atoms with E-state index in [9.17, 15) is 14.0 Å². The predicted octanol–water partition coefficient (Wildman–Crippen LogP) is 3.59. The third kappa shape index (κ3) is 6.38. The fourth-order valence-electron chi connectivity index (χ4n) is 4.46. The summed E-state index contributed by atoms with van der Waals surface area (Å²) < 4.78 is 18.7. The molecular weight excluding hydrogens is 459 g/mol. The molecule has 1 unspecified atom stereocenters. The second kappa shape index (κ2) is 11.5. The predicted molar refractivity (Wildman–Crippen MR) is 139 cm³/mol. The van der Waals surface area contributed by atoms with Crippen molar-refractivity contribution in [2.45, 2.75) is 19.5 Å². The zero-order chi connectivity index (χ0) is 25.7. The number of carbonyl (C=O) groups is 2. The van der Waals surface area contributed by atoms with E-state index in [1.807, 2.05) is 38.2 Å². The van der Waals surface area contributed by atoms with Crippen LogP contribution < -0.4 is 10.1 Å². The van der Waals surface area contributed by atoms with Gasteiger partial charge in [0.15, 0.2) is 0 Å². The lowest BCUT2D eigenvalue weighted by Crippen LogP contribution is -2.54. The maximum atomic E-state index is 13.4. The van der Waals surface area contributed by atoms with E-state index >= 15 is 0 Å². The molecule has 0 aromatic heterocycles. The summed E-state index contributed by atoms with van der Waals surface area (Å²) in [6.07, 6.45) is 0. The molecule has 1 fully saturated rings. The topological polar surface area (TPSA) is 65.1 Å². The van der Waals surface area contributed by atoms with Gasteiger partial charge in [0.2, 0.25) is 11.8 Å². The highest BCUT2D eigenvalue weighted by Gasteiger charge is 2.27. The molecule has 0 spiro atoms. The number of piperazine rings is 1. The first kappa shape index (κ1) is 25.6. The minimum Gasteiger partial charge on any atom is -0.497 e. The number of amides is 2. The molecule has 4 rings (SSSR count). The number of carbonyl (C=O) groups excluding carboxylic acids is 2. The highest BCUT2D eigenvalue weighted by molar-refractivity contribution is 5.94. The molecule has 3 aromatic rings. The molecule has 190 valence electrons. The van der Waals surface area contributed by atoms with Crippen molar-refractivity contribution in [3.05, 3.63) is 72.0 Å². The molecule has 0 radical (unpaired) electrons. The van der Waals surface area contributed by atoms with Gasteiger partial charge in [0.1, 0.15) is 11.6 Å². The zero-order valence-corrected chi connectivity index (χ0v) is 21.0. The molecule has 2 amide bonds. The van der Waals surface area contributed by atoms with Gasteiger partial charge in [-0.25, -0.2) is 4.39 Å². The lowest BCUT2D eigenvalue weighted by Gasteiger charge is -2.37. The molecule has 1 heterocycles. The van der Waals surface area contributed by atoms with Gasteiger partial charge in [0.25, 0.3) is 0 Å². The molecule has 0 aliphatic carbocycles. The first-order chi connectivity index (χ1) is 17.3. The van der Waals surface area contributed by atoms with E-state index in [2.05, 4.69) is 27.2 Å². The minimum atomic E-state index is -0.384. The Morgan fingerprint density at radius 1 is 1.03 bits per heavy atom. The van der Waals surface area contributed by atoms with Crippen molar-refractivity contribution in [2.75, 3.05) is 52.2 Å². The first-order valence-corrected chi connectivity index (χ1v) is 12.2.